The summed E-state index contributed by atoms with van der Waals surface area (Å²) in [4.78, 5) is 13.7. The molecule has 0 saturated carbocycles. The molecule has 3 aliphatic rings. The number of hydrogen-bond acceptors (Lipinski definition) is 3. The molecular formula is C16H19NO3. The molecule has 2 bridgehead atoms. The van der Waals surface area contributed by atoms with Gasteiger partial charge in [-0.3, -0.25) is 9.69 Å². The second-order valence-corrected chi connectivity index (χ2v) is 6.19. The van der Waals surface area contributed by atoms with Gasteiger partial charge in [0.15, 0.2) is 0 Å². The van der Waals surface area contributed by atoms with Crippen molar-refractivity contribution in [3.8, 4) is 5.75 Å². The van der Waals surface area contributed by atoms with Crippen molar-refractivity contribution in [2.75, 3.05) is 6.61 Å². The molecule has 1 N–H and O–H groups in total. The van der Waals surface area contributed by atoms with E-state index in [0.717, 1.165) is 44.6 Å². The van der Waals surface area contributed by atoms with E-state index in [1.807, 2.05) is 0 Å². The molecule has 4 heteroatoms. The Morgan fingerprint density at radius 2 is 2.30 bits per heavy atom. The van der Waals surface area contributed by atoms with Crippen LogP contribution in [0.3, 0.4) is 0 Å². The SMILES string of the molecule is O=C(O)C1CC2CCC1N2Cc1ccc2c(c1)CCO2. The van der Waals surface area contributed by atoms with Gasteiger partial charge >= 0.3 is 5.97 Å². The number of carboxylic acid groups (broad SMARTS) is 1. The van der Waals surface area contributed by atoms with E-state index in [1.54, 1.807) is 0 Å². The summed E-state index contributed by atoms with van der Waals surface area (Å²) in [6, 6.07) is 7.12. The zero-order valence-corrected chi connectivity index (χ0v) is 11.4. The predicted molar refractivity (Wildman–Crippen MR) is 73.7 cm³/mol. The quantitative estimate of drug-likeness (QED) is 0.916. The zero-order valence-electron chi connectivity index (χ0n) is 11.4. The van der Waals surface area contributed by atoms with Gasteiger partial charge in [-0.1, -0.05) is 12.1 Å². The second-order valence-electron chi connectivity index (χ2n) is 6.19. The highest BCUT2D eigenvalue weighted by Crippen LogP contribution is 2.42. The Bertz CT molecular complexity index is 557. The van der Waals surface area contributed by atoms with E-state index in [1.165, 1.54) is 11.1 Å². The highest BCUT2D eigenvalue weighted by molar-refractivity contribution is 5.71. The molecule has 20 heavy (non-hydrogen) atoms. The topological polar surface area (TPSA) is 49.8 Å². The fraction of sp³-hybridized carbons (Fsp3) is 0.562. The van der Waals surface area contributed by atoms with Crippen molar-refractivity contribution < 1.29 is 14.6 Å². The van der Waals surface area contributed by atoms with Crippen LogP contribution < -0.4 is 4.74 Å². The Balaban J connectivity index is 1.54. The third-order valence-corrected chi connectivity index (χ3v) is 5.12. The summed E-state index contributed by atoms with van der Waals surface area (Å²) in [5.41, 5.74) is 2.58. The first-order valence-electron chi connectivity index (χ1n) is 7.45. The third-order valence-electron chi connectivity index (χ3n) is 5.12. The smallest absolute Gasteiger partial charge is 0.308 e. The summed E-state index contributed by atoms with van der Waals surface area (Å²) in [6.45, 7) is 1.67. The van der Waals surface area contributed by atoms with Crippen LogP contribution in [0, 0.1) is 5.92 Å². The van der Waals surface area contributed by atoms with Crippen LogP contribution >= 0.6 is 0 Å². The summed E-state index contributed by atoms with van der Waals surface area (Å²) in [7, 11) is 0. The van der Waals surface area contributed by atoms with Crippen molar-refractivity contribution in [3.05, 3.63) is 29.3 Å². The third kappa shape index (κ3) is 1.82. The van der Waals surface area contributed by atoms with Gasteiger partial charge in [-0.2, -0.15) is 0 Å². The number of carbonyl (C=O) groups is 1. The van der Waals surface area contributed by atoms with E-state index in [2.05, 4.69) is 23.1 Å². The Morgan fingerprint density at radius 3 is 3.10 bits per heavy atom. The van der Waals surface area contributed by atoms with E-state index >= 15 is 0 Å². The average molecular weight is 273 g/mol. The maximum Gasteiger partial charge on any atom is 0.308 e. The molecule has 0 spiro atoms. The van der Waals surface area contributed by atoms with Gasteiger partial charge in [0.25, 0.3) is 0 Å². The van der Waals surface area contributed by atoms with Crippen LogP contribution in [0.1, 0.15) is 30.4 Å². The molecule has 3 aliphatic heterocycles. The number of rotatable bonds is 3. The normalized spacial score (nSPS) is 31.3. The van der Waals surface area contributed by atoms with Gasteiger partial charge in [-0.25, -0.2) is 0 Å². The summed E-state index contributed by atoms with van der Waals surface area (Å²) >= 11 is 0. The number of hydrogen-bond donors (Lipinski definition) is 1. The molecule has 106 valence electrons. The minimum Gasteiger partial charge on any atom is -0.493 e. The van der Waals surface area contributed by atoms with Gasteiger partial charge < -0.3 is 9.84 Å². The lowest BCUT2D eigenvalue weighted by molar-refractivity contribution is -0.142. The van der Waals surface area contributed by atoms with Crippen LogP contribution in [0.5, 0.6) is 5.75 Å². The molecule has 2 fully saturated rings. The molecular weight excluding hydrogens is 254 g/mol. The van der Waals surface area contributed by atoms with Gasteiger partial charge in [-0.05, 0) is 36.5 Å². The molecule has 0 radical (unpaired) electrons. The van der Waals surface area contributed by atoms with Gasteiger partial charge in [-0.15, -0.1) is 0 Å². The van der Waals surface area contributed by atoms with Crippen LogP contribution in [0.4, 0.5) is 0 Å². The van der Waals surface area contributed by atoms with Crippen LogP contribution in [0.15, 0.2) is 18.2 Å². The number of fused-ring (bicyclic) bond motifs is 3. The highest BCUT2D eigenvalue weighted by atomic mass is 16.5. The number of benzene rings is 1. The lowest BCUT2D eigenvalue weighted by Crippen LogP contribution is -2.32. The fourth-order valence-corrected chi connectivity index (χ4v) is 4.16. The van der Waals surface area contributed by atoms with Gasteiger partial charge in [0.1, 0.15) is 5.75 Å². The lowest BCUT2D eigenvalue weighted by atomic mass is 9.89. The minimum atomic E-state index is -0.621. The number of carboxylic acids is 1. The van der Waals surface area contributed by atoms with Gasteiger partial charge in [0.05, 0.1) is 12.5 Å². The van der Waals surface area contributed by atoms with Crippen LogP contribution in [0.2, 0.25) is 0 Å². The molecule has 0 aliphatic carbocycles. The highest BCUT2D eigenvalue weighted by Gasteiger charge is 2.48. The first-order valence-corrected chi connectivity index (χ1v) is 7.45. The number of nitrogens with zero attached hydrogens (tertiary/aromatic N) is 1. The summed E-state index contributed by atoms with van der Waals surface area (Å²) < 4.78 is 5.54. The maximum absolute atomic E-state index is 11.3. The molecule has 0 aromatic heterocycles. The summed E-state index contributed by atoms with van der Waals surface area (Å²) in [6.07, 6.45) is 4.01. The molecule has 4 nitrogen and oxygen atoms in total. The van der Waals surface area contributed by atoms with Gasteiger partial charge in [0, 0.05) is 25.0 Å². The maximum atomic E-state index is 11.3. The monoisotopic (exact) mass is 273 g/mol. The van der Waals surface area contributed by atoms with Gasteiger partial charge in [0.2, 0.25) is 0 Å². The van der Waals surface area contributed by atoms with E-state index < -0.39 is 5.97 Å². The Morgan fingerprint density at radius 1 is 1.40 bits per heavy atom. The van der Waals surface area contributed by atoms with E-state index in [9.17, 15) is 9.90 Å². The molecule has 4 rings (SSSR count). The van der Waals surface area contributed by atoms with Crippen molar-refractivity contribution in [1.82, 2.24) is 4.90 Å². The molecule has 1 aromatic rings. The van der Waals surface area contributed by atoms with Crippen LogP contribution in [-0.2, 0) is 17.8 Å². The molecule has 3 unspecified atom stereocenters. The Labute approximate surface area is 118 Å². The van der Waals surface area contributed by atoms with Crippen molar-refractivity contribution in [1.29, 1.82) is 0 Å². The first-order chi connectivity index (χ1) is 9.72. The van der Waals surface area contributed by atoms with Crippen molar-refractivity contribution in [3.63, 3.8) is 0 Å². The van der Waals surface area contributed by atoms with Crippen molar-refractivity contribution in [2.24, 2.45) is 5.92 Å². The van der Waals surface area contributed by atoms with Crippen molar-refractivity contribution >= 4 is 5.97 Å². The molecule has 3 atom stereocenters. The zero-order chi connectivity index (χ0) is 13.7. The van der Waals surface area contributed by atoms with E-state index in [4.69, 9.17) is 4.74 Å². The van der Waals surface area contributed by atoms with E-state index in [-0.39, 0.29) is 12.0 Å². The lowest BCUT2D eigenvalue weighted by Gasteiger charge is -2.23. The molecule has 2 saturated heterocycles. The Kier molecular flexibility index (Phi) is 2.74. The summed E-state index contributed by atoms with van der Waals surface area (Å²) in [5, 5.41) is 9.30. The largest absolute Gasteiger partial charge is 0.493 e. The predicted octanol–water partition coefficient (Wildman–Crippen LogP) is 2.06. The molecule has 1 aromatic carbocycles. The number of aliphatic carboxylic acids is 1. The first kappa shape index (κ1) is 12.2. The summed E-state index contributed by atoms with van der Waals surface area (Å²) in [5.74, 6) is 0.234. The fourth-order valence-electron chi connectivity index (χ4n) is 4.16. The minimum absolute atomic E-state index is 0.161. The molecule has 0 amide bonds. The van der Waals surface area contributed by atoms with Crippen LogP contribution in [0.25, 0.3) is 0 Å². The standard InChI is InChI=1S/C16H19NO3/c18-16(19)13-8-12-2-3-14(13)17(12)9-10-1-4-15-11(7-10)5-6-20-15/h1,4,7,12-14H,2-3,5-6,8-9H2,(H,18,19). The second kappa shape index (κ2) is 4.48. The average Bonchev–Trinajstić information content (AvgIpc) is 3.13. The van der Waals surface area contributed by atoms with Crippen LogP contribution in [-0.4, -0.2) is 34.7 Å². The molecule has 3 heterocycles. The number of ether oxygens (including phenoxy) is 1. The van der Waals surface area contributed by atoms with E-state index in [0.29, 0.717) is 6.04 Å². The Hall–Kier alpha value is -1.55. The van der Waals surface area contributed by atoms with Crippen molar-refractivity contribution in [2.45, 2.75) is 44.3 Å².